The second-order valence-electron chi connectivity index (χ2n) is 6.67. The number of amides is 3. The number of likely N-dealkylation sites (tertiary alicyclic amines) is 1. The quantitative estimate of drug-likeness (QED) is 0.594. The van der Waals surface area contributed by atoms with Gasteiger partial charge in [0.05, 0.1) is 17.6 Å². The number of benzene rings is 2. The summed E-state index contributed by atoms with van der Waals surface area (Å²) in [5.41, 5.74) is 0.702. The van der Waals surface area contributed by atoms with Gasteiger partial charge in [-0.15, -0.1) is 0 Å². The Bertz CT molecular complexity index is 895. The van der Waals surface area contributed by atoms with E-state index in [4.69, 9.17) is 4.74 Å². The van der Waals surface area contributed by atoms with E-state index in [1.54, 1.807) is 17.0 Å². The summed E-state index contributed by atoms with van der Waals surface area (Å²) in [7, 11) is 1.42. The minimum Gasteiger partial charge on any atom is -0.496 e. The van der Waals surface area contributed by atoms with Crippen molar-refractivity contribution in [3.8, 4) is 5.75 Å². The monoisotopic (exact) mass is 398 g/mol. The largest absolute Gasteiger partial charge is 0.496 e. The number of urea groups is 1. The molecule has 3 rings (SSSR count). The first-order chi connectivity index (χ1) is 14.0. The fourth-order valence-corrected chi connectivity index (χ4v) is 3.25. The Morgan fingerprint density at radius 1 is 1.14 bits per heavy atom. The number of para-hydroxylation sites is 1. The van der Waals surface area contributed by atoms with Gasteiger partial charge in [-0.2, -0.15) is 0 Å². The fraction of sp³-hybridized carbons (Fsp3) is 0.300. The van der Waals surface area contributed by atoms with Crippen molar-refractivity contribution in [1.82, 2.24) is 10.2 Å². The van der Waals surface area contributed by atoms with Gasteiger partial charge in [-0.3, -0.25) is 14.9 Å². The van der Waals surface area contributed by atoms with E-state index in [-0.39, 0.29) is 29.2 Å². The molecule has 9 heteroatoms. The second-order valence-corrected chi connectivity index (χ2v) is 6.67. The second kappa shape index (κ2) is 9.05. The SMILES string of the molecule is COc1ccc([N+](=O)[O-])cc1C(=O)N1CCC(NC(=O)Nc2ccccc2)CC1. The molecule has 0 bridgehead atoms. The van der Waals surface area contributed by atoms with Gasteiger partial charge in [0.2, 0.25) is 0 Å². The van der Waals surface area contributed by atoms with Crippen LogP contribution in [0.2, 0.25) is 0 Å². The molecule has 0 aliphatic carbocycles. The number of rotatable bonds is 5. The lowest BCUT2D eigenvalue weighted by molar-refractivity contribution is -0.384. The molecule has 2 aromatic rings. The highest BCUT2D eigenvalue weighted by Crippen LogP contribution is 2.26. The van der Waals surface area contributed by atoms with Crippen LogP contribution in [0.15, 0.2) is 48.5 Å². The van der Waals surface area contributed by atoms with Gasteiger partial charge in [0.15, 0.2) is 0 Å². The third kappa shape index (κ3) is 5.01. The molecule has 1 heterocycles. The summed E-state index contributed by atoms with van der Waals surface area (Å²) < 4.78 is 5.19. The van der Waals surface area contributed by atoms with Gasteiger partial charge >= 0.3 is 6.03 Å². The van der Waals surface area contributed by atoms with Crippen molar-refractivity contribution >= 4 is 23.3 Å². The van der Waals surface area contributed by atoms with Crippen molar-refractivity contribution in [2.75, 3.05) is 25.5 Å². The Morgan fingerprint density at radius 2 is 1.83 bits per heavy atom. The lowest BCUT2D eigenvalue weighted by Crippen LogP contribution is -2.47. The van der Waals surface area contributed by atoms with Crippen LogP contribution in [0.5, 0.6) is 5.75 Å². The highest BCUT2D eigenvalue weighted by molar-refractivity contribution is 5.97. The molecular formula is C20H22N4O5. The third-order valence-corrected chi connectivity index (χ3v) is 4.77. The minimum absolute atomic E-state index is 0.0604. The van der Waals surface area contributed by atoms with Gasteiger partial charge in [0, 0.05) is 37.0 Å². The Kier molecular flexibility index (Phi) is 6.28. The molecule has 2 aromatic carbocycles. The summed E-state index contributed by atoms with van der Waals surface area (Å²) in [5, 5.41) is 16.7. The highest BCUT2D eigenvalue weighted by Gasteiger charge is 2.27. The lowest BCUT2D eigenvalue weighted by atomic mass is 10.0. The zero-order valence-corrected chi connectivity index (χ0v) is 16.0. The molecule has 1 aliphatic heterocycles. The smallest absolute Gasteiger partial charge is 0.319 e. The average molecular weight is 398 g/mol. The van der Waals surface area contributed by atoms with Crippen LogP contribution in [0.25, 0.3) is 0 Å². The van der Waals surface area contributed by atoms with Crippen LogP contribution in [-0.2, 0) is 0 Å². The van der Waals surface area contributed by atoms with Crippen molar-refractivity contribution in [2.24, 2.45) is 0 Å². The average Bonchev–Trinajstić information content (AvgIpc) is 2.74. The Morgan fingerprint density at radius 3 is 2.45 bits per heavy atom. The predicted octanol–water partition coefficient (Wildman–Crippen LogP) is 3.03. The molecule has 1 aliphatic rings. The fourth-order valence-electron chi connectivity index (χ4n) is 3.25. The van der Waals surface area contributed by atoms with Crippen molar-refractivity contribution in [2.45, 2.75) is 18.9 Å². The number of methoxy groups -OCH3 is 1. The molecule has 3 amide bonds. The highest BCUT2D eigenvalue weighted by atomic mass is 16.6. The summed E-state index contributed by atoms with van der Waals surface area (Å²) in [6.07, 6.45) is 1.18. The molecule has 9 nitrogen and oxygen atoms in total. The summed E-state index contributed by atoms with van der Waals surface area (Å²) >= 11 is 0. The maximum Gasteiger partial charge on any atom is 0.319 e. The van der Waals surface area contributed by atoms with E-state index in [0.29, 0.717) is 37.4 Å². The number of piperidine rings is 1. The number of anilines is 1. The third-order valence-electron chi connectivity index (χ3n) is 4.77. The summed E-state index contributed by atoms with van der Waals surface area (Å²) in [6, 6.07) is 12.7. The number of non-ortho nitro benzene ring substituents is 1. The standard InChI is InChI=1S/C20H22N4O5/c1-29-18-8-7-16(24(27)28)13-17(18)19(25)23-11-9-15(10-12-23)22-20(26)21-14-5-3-2-4-6-14/h2-8,13,15H,9-12H2,1H3,(H2,21,22,26). The minimum atomic E-state index is -0.544. The molecule has 0 radical (unpaired) electrons. The molecule has 0 atom stereocenters. The zero-order valence-electron chi connectivity index (χ0n) is 16.0. The Labute approximate surface area is 167 Å². The molecule has 152 valence electrons. The van der Waals surface area contributed by atoms with Crippen LogP contribution in [0.1, 0.15) is 23.2 Å². The van der Waals surface area contributed by atoms with Crippen LogP contribution in [0.4, 0.5) is 16.2 Å². The topological polar surface area (TPSA) is 114 Å². The van der Waals surface area contributed by atoms with E-state index in [1.165, 1.54) is 25.3 Å². The number of ether oxygens (including phenoxy) is 1. The van der Waals surface area contributed by atoms with Crippen molar-refractivity contribution < 1.29 is 19.2 Å². The van der Waals surface area contributed by atoms with Gasteiger partial charge in [-0.1, -0.05) is 18.2 Å². The molecule has 29 heavy (non-hydrogen) atoms. The van der Waals surface area contributed by atoms with E-state index in [9.17, 15) is 19.7 Å². The van der Waals surface area contributed by atoms with Gasteiger partial charge in [-0.05, 0) is 31.0 Å². The maximum absolute atomic E-state index is 12.8. The molecule has 1 saturated heterocycles. The van der Waals surface area contributed by atoms with Crippen LogP contribution in [-0.4, -0.2) is 48.0 Å². The molecule has 1 fully saturated rings. The van der Waals surface area contributed by atoms with Crippen LogP contribution in [0, 0.1) is 10.1 Å². The zero-order chi connectivity index (χ0) is 20.8. The molecule has 0 unspecified atom stereocenters. The first-order valence-electron chi connectivity index (χ1n) is 9.22. The molecule has 0 saturated carbocycles. The van der Waals surface area contributed by atoms with E-state index >= 15 is 0 Å². The molecular weight excluding hydrogens is 376 g/mol. The van der Waals surface area contributed by atoms with Gasteiger partial charge in [-0.25, -0.2) is 4.79 Å². The maximum atomic E-state index is 12.8. The van der Waals surface area contributed by atoms with Crippen molar-refractivity contribution in [3.63, 3.8) is 0 Å². The molecule has 2 N–H and O–H groups in total. The Balaban J connectivity index is 1.58. The van der Waals surface area contributed by atoms with E-state index in [1.807, 2.05) is 18.2 Å². The van der Waals surface area contributed by atoms with Gasteiger partial charge < -0.3 is 20.3 Å². The van der Waals surface area contributed by atoms with Gasteiger partial charge in [0.1, 0.15) is 5.75 Å². The van der Waals surface area contributed by atoms with Crippen molar-refractivity contribution in [3.05, 3.63) is 64.2 Å². The molecule has 0 spiro atoms. The number of carbonyl (C=O) groups excluding carboxylic acids is 2. The first-order valence-corrected chi connectivity index (χ1v) is 9.22. The number of nitro benzene ring substituents is 1. The van der Waals surface area contributed by atoms with E-state index in [2.05, 4.69) is 10.6 Å². The number of hydrogen-bond donors (Lipinski definition) is 2. The van der Waals surface area contributed by atoms with Crippen LogP contribution >= 0.6 is 0 Å². The van der Waals surface area contributed by atoms with Crippen LogP contribution in [0.3, 0.4) is 0 Å². The predicted molar refractivity (Wildman–Crippen MR) is 107 cm³/mol. The van der Waals surface area contributed by atoms with E-state index in [0.717, 1.165) is 0 Å². The number of carbonyl (C=O) groups is 2. The number of hydrogen-bond acceptors (Lipinski definition) is 5. The van der Waals surface area contributed by atoms with Crippen LogP contribution < -0.4 is 15.4 Å². The first kappa shape index (κ1) is 20.1. The summed E-state index contributed by atoms with van der Waals surface area (Å²) in [5.74, 6) is -0.0270. The number of nitrogens with one attached hydrogen (secondary N) is 2. The number of nitrogens with zero attached hydrogens (tertiary/aromatic N) is 2. The molecule has 0 aromatic heterocycles. The Hall–Kier alpha value is -3.62. The number of nitro groups is 1. The van der Waals surface area contributed by atoms with Gasteiger partial charge in [0.25, 0.3) is 11.6 Å². The van der Waals surface area contributed by atoms with E-state index < -0.39 is 4.92 Å². The normalized spacial score (nSPS) is 14.2. The summed E-state index contributed by atoms with van der Waals surface area (Å²) in [6.45, 7) is 0.863. The van der Waals surface area contributed by atoms with Crippen molar-refractivity contribution in [1.29, 1.82) is 0 Å². The lowest BCUT2D eigenvalue weighted by Gasteiger charge is -2.32. The summed E-state index contributed by atoms with van der Waals surface area (Å²) in [4.78, 5) is 37.1.